The Hall–Kier alpha value is -0.870. The SMILES string of the molecule is Cc1ccc(C)c(S(=O)(=O)NCCNC2=NCCCN2)c1.I. The number of guanidine groups is 1. The Bertz CT molecular complexity index is 632. The van der Waals surface area contributed by atoms with Gasteiger partial charge in [-0.15, -0.1) is 24.0 Å². The van der Waals surface area contributed by atoms with E-state index in [2.05, 4.69) is 20.3 Å². The van der Waals surface area contributed by atoms with E-state index in [9.17, 15) is 8.42 Å². The molecule has 1 aliphatic heterocycles. The normalized spacial score (nSPS) is 14.5. The zero-order valence-electron chi connectivity index (χ0n) is 12.8. The summed E-state index contributed by atoms with van der Waals surface area (Å²) in [5.41, 5.74) is 1.68. The van der Waals surface area contributed by atoms with Gasteiger partial charge >= 0.3 is 0 Å². The number of hydrogen-bond acceptors (Lipinski definition) is 5. The number of hydrogen-bond donors (Lipinski definition) is 3. The lowest BCUT2D eigenvalue weighted by molar-refractivity contribution is 0.579. The van der Waals surface area contributed by atoms with Crippen LogP contribution in [0.15, 0.2) is 28.1 Å². The van der Waals surface area contributed by atoms with E-state index in [1.54, 1.807) is 13.0 Å². The van der Waals surface area contributed by atoms with E-state index in [1.807, 2.05) is 19.1 Å². The van der Waals surface area contributed by atoms with Crippen LogP contribution in [0.4, 0.5) is 0 Å². The van der Waals surface area contributed by atoms with Gasteiger partial charge in [-0.05, 0) is 37.5 Å². The molecule has 0 spiro atoms. The zero-order chi connectivity index (χ0) is 15.3. The van der Waals surface area contributed by atoms with Crippen LogP contribution in [0.5, 0.6) is 0 Å². The molecule has 2 rings (SSSR count). The molecule has 0 aliphatic carbocycles. The van der Waals surface area contributed by atoms with Crippen LogP contribution < -0.4 is 15.4 Å². The molecule has 0 saturated carbocycles. The summed E-state index contributed by atoms with van der Waals surface area (Å²) in [6.45, 7) is 6.20. The zero-order valence-corrected chi connectivity index (χ0v) is 16.0. The number of benzene rings is 1. The molecule has 0 atom stereocenters. The molecule has 3 N–H and O–H groups in total. The van der Waals surface area contributed by atoms with Crippen molar-refractivity contribution in [1.29, 1.82) is 0 Å². The van der Waals surface area contributed by atoms with E-state index in [-0.39, 0.29) is 24.0 Å². The molecule has 0 saturated heterocycles. The molecule has 0 fully saturated rings. The number of aryl methyl sites for hydroxylation is 2. The Kier molecular flexibility index (Phi) is 7.57. The first-order valence-corrected chi connectivity index (χ1v) is 8.56. The van der Waals surface area contributed by atoms with Gasteiger partial charge in [-0.25, -0.2) is 13.1 Å². The highest BCUT2D eigenvalue weighted by molar-refractivity contribution is 14.0. The van der Waals surface area contributed by atoms with Crippen LogP contribution in [0, 0.1) is 13.8 Å². The van der Waals surface area contributed by atoms with Gasteiger partial charge in [-0.2, -0.15) is 0 Å². The number of halogens is 1. The summed E-state index contributed by atoms with van der Waals surface area (Å²) in [5, 5.41) is 6.21. The highest BCUT2D eigenvalue weighted by Crippen LogP contribution is 2.16. The van der Waals surface area contributed by atoms with Gasteiger partial charge in [0.2, 0.25) is 10.0 Å². The summed E-state index contributed by atoms with van der Waals surface area (Å²) in [5.74, 6) is 0.743. The Labute approximate surface area is 149 Å². The fraction of sp³-hybridized carbons (Fsp3) is 0.500. The number of sulfonamides is 1. The second-order valence-corrected chi connectivity index (χ2v) is 6.84. The van der Waals surface area contributed by atoms with Gasteiger partial charge < -0.3 is 10.6 Å². The van der Waals surface area contributed by atoms with Crippen molar-refractivity contribution in [3.05, 3.63) is 29.3 Å². The Balaban J connectivity index is 0.00000242. The third kappa shape index (κ3) is 5.40. The number of nitrogens with one attached hydrogen (secondary N) is 3. The molecule has 0 amide bonds. The maximum Gasteiger partial charge on any atom is 0.240 e. The van der Waals surface area contributed by atoms with Crippen molar-refractivity contribution >= 4 is 40.0 Å². The van der Waals surface area contributed by atoms with Crippen LogP contribution in [0.3, 0.4) is 0 Å². The average Bonchev–Trinajstić information content (AvgIpc) is 2.47. The lowest BCUT2D eigenvalue weighted by Gasteiger charge is -2.16. The maximum absolute atomic E-state index is 12.3. The van der Waals surface area contributed by atoms with Gasteiger partial charge in [0.25, 0.3) is 0 Å². The smallest absolute Gasteiger partial charge is 0.240 e. The molecule has 1 aromatic rings. The van der Waals surface area contributed by atoms with Crippen molar-refractivity contribution in [3.63, 3.8) is 0 Å². The lowest BCUT2D eigenvalue weighted by atomic mass is 10.2. The summed E-state index contributed by atoms with van der Waals surface area (Å²) < 4.78 is 27.2. The summed E-state index contributed by atoms with van der Waals surface area (Å²) in [7, 11) is -3.47. The summed E-state index contributed by atoms with van der Waals surface area (Å²) >= 11 is 0. The highest BCUT2D eigenvalue weighted by Gasteiger charge is 2.16. The standard InChI is InChI=1S/C14H22N4O2S.HI/c1-11-4-5-12(2)13(10-11)21(19,20)18-9-8-17-14-15-6-3-7-16-14;/h4-5,10,18H,3,6-9H2,1-2H3,(H2,15,16,17);1H. The number of aliphatic imine (C=N–C) groups is 1. The minimum atomic E-state index is -3.47. The molecule has 1 heterocycles. The van der Waals surface area contributed by atoms with Gasteiger partial charge in [0.15, 0.2) is 5.96 Å². The van der Waals surface area contributed by atoms with E-state index in [0.29, 0.717) is 18.0 Å². The predicted molar refractivity (Wildman–Crippen MR) is 99.4 cm³/mol. The first kappa shape index (κ1) is 19.2. The van der Waals surface area contributed by atoms with E-state index >= 15 is 0 Å². The third-order valence-corrected chi connectivity index (χ3v) is 4.84. The van der Waals surface area contributed by atoms with Crippen LogP contribution in [-0.2, 0) is 10.0 Å². The molecule has 0 radical (unpaired) electrons. The van der Waals surface area contributed by atoms with Gasteiger partial charge in [-0.3, -0.25) is 4.99 Å². The Morgan fingerprint density at radius 2 is 2.05 bits per heavy atom. The molecule has 0 unspecified atom stereocenters. The molecular formula is C14H23IN4O2S. The van der Waals surface area contributed by atoms with Crippen molar-refractivity contribution in [2.24, 2.45) is 4.99 Å². The minimum Gasteiger partial charge on any atom is -0.356 e. The third-order valence-electron chi connectivity index (χ3n) is 3.24. The fourth-order valence-corrected chi connectivity index (χ4v) is 3.45. The van der Waals surface area contributed by atoms with Gasteiger partial charge in [-0.1, -0.05) is 12.1 Å². The average molecular weight is 438 g/mol. The van der Waals surface area contributed by atoms with Gasteiger partial charge in [0.1, 0.15) is 0 Å². The van der Waals surface area contributed by atoms with Crippen LogP contribution in [0.25, 0.3) is 0 Å². The molecule has 8 heteroatoms. The van der Waals surface area contributed by atoms with E-state index < -0.39 is 10.0 Å². The molecule has 0 bridgehead atoms. The Morgan fingerprint density at radius 3 is 2.73 bits per heavy atom. The van der Waals surface area contributed by atoms with Gasteiger partial charge in [0.05, 0.1) is 4.90 Å². The first-order chi connectivity index (χ1) is 9.99. The second kappa shape index (κ2) is 8.68. The molecule has 1 aromatic carbocycles. The van der Waals surface area contributed by atoms with Crippen LogP contribution in [0.1, 0.15) is 17.5 Å². The molecule has 124 valence electrons. The summed E-state index contributed by atoms with van der Waals surface area (Å²) in [4.78, 5) is 4.61. The molecule has 22 heavy (non-hydrogen) atoms. The van der Waals surface area contributed by atoms with Crippen LogP contribution >= 0.6 is 24.0 Å². The second-order valence-electron chi connectivity index (χ2n) is 5.10. The predicted octanol–water partition coefficient (Wildman–Crippen LogP) is 1.14. The molecule has 6 nitrogen and oxygen atoms in total. The largest absolute Gasteiger partial charge is 0.356 e. The lowest BCUT2D eigenvalue weighted by Crippen LogP contribution is -2.43. The van der Waals surface area contributed by atoms with Crippen molar-refractivity contribution in [2.45, 2.75) is 25.2 Å². The van der Waals surface area contributed by atoms with E-state index in [1.165, 1.54) is 0 Å². The van der Waals surface area contributed by atoms with Crippen molar-refractivity contribution in [1.82, 2.24) is 15.4 Å². The van der Waals surface area contributed by atoms with Crippen molar-refractivity contribution in [2.75, 3.05) is 26.2 Å². The Morgan fingerprint density at radius 1 is 1.27 bits per heavy atom. The summed E-state index contributed by atoms with van der Waals surface area (Å²) in [6.07, 6.45) is 1.03. The monoisotopic (exact) mass is 438 g/mol. The number of nitrogens with zero attached hydrogens (tertiary/aromatic N) is 1. The summed E-state index contributed by atoms with van der Waals surface area (Å²) in [6, 6.07) is 5.42. The molecule has 0 aromatic heterocycles. The number of rotatable bonds is 5. The topological polar surface area (TPSA) is 82.6 Å². The highest BCUT2D eigenvalue weighted by atomic mass is 127. The van der Waals surface area contributed by atoms with E-state index in [0.717, 1.165) is 36.6 Å². The minimum absolute atomic E-state index is 0. The van der Waals surface area contributed by atoms with Crippen molar-refractivity contribution in [3.8, 4) is 0 Å². The van der Waals surface area contributed by atoms with E-state index in [4.69, 9.17) is 0 Å². The van der Waals surface area contributed by atoms with Crippen molar-refractivity contribution < 1.29 is 8.42 Å². The van der Waals surface area contributed by atoms with Crippen LogP contribution in [0.2, 0.25) is 0 Å². The molecular weight excluding hydrogens is 415 g/mol. The quantitative estimate of drug-likeness (QED) is 0.476. The first-order valence-electron chi connectivity index (χ1n) is 7.08. The van der Waals surface area contributed by atoms with Gasteiger partial charge in [0, 0.05) is 26.2 Å². The molecule has 1 aliphatic rings. The van der Waals surface area contributed by atoms with Crippen LogP contribution in [-0.4, -0.2) is 40.6 Å². The maximum atomic E-state index is 12.3. The fourth-order valence-electron chi connectivity index (χ4n) is 2.09.